The van der Waals surface area contributed by atoms with Crippen molar-refractivity contribution < 1.29 is 18.8 Å². The van der Waals surface area contributed by atoms with Crippen molar-refractivity contribution in [3.8, 4) is 11.4 Å². The molecule has 0 unspecified atom stereocenters. The Morgan fingerprint density at radius 2 is 2.29 bits per heavy atom. The fraction of sp³-hybridized carbons (Fsp3) is 0.471. The number of benzene rings is 1. The van der Waals surface area contributed by atoms with Crippen LogP contribution in [0.5, 0.6) is 0 Å². The van der Waals surface area contributed by atoms with Crippen molar-refractivity contribution >= 4 is 6.09 Å². The van der Waals surface area contributed by atoms with Gasteiger partial charge in [0.05, 0.1) is 19.3 Å². The van der Waals surface area contributed by atoms with E-state index in [1.165, 1.54) is 5.56 Å². The summed E-state index contributed by atoms with van der Waals surface area (Å²) < 4.78 is 15.4. The minimum Gasteiger partial charge on any atom is -0.441 e. The SMILES string of the molecule is CCc1nc(-c2ccc3c(c2)CC[C@H]3NC(=O)OC2COC2)no1. The maximum atomic E-state index is 11.9. The van der Waals surface area contributed by atoms with E-state index in [1.807, 2.05) is 19.1 Å². The van der Waals surface area contributed by atoms with Crippen LogP contribution in [0.25, 0.3) is 11.4 Å². The van der Waals surface area contributed by atoms with Crippen LogP contribution in [0, 0.1) is 0 Å². The van der Waals surface area contributed by atoms with Crippen molar-refractivity contribution in [3.63, 3.8) is 0 Å². The van der Waals surface area contributed by atoms with Crippen molar-refractivity contribution in [2.45, 2.75) is 38.3 Å². The Labute approximate surface area is 139 Å². The molecule has 1 aromatic carbocycles. The van der Waals surface area contributed by atoms with E-state index in [1.54, 1.807) is 0 Å². The van der Waals surface area contributed by atoms with Gasteiger partial charge >= 0.3 is 6.09 Å². The Hall–Kier alpha value is -2.41. The van der Waals surface area contributed by atoms with Crippen molar-refractivity contribution in [3.05, 3.63) is 35.2 Å². The lowest BCUT2D eigenvalue weighted by molar-refractivity contribution is -0.0983. The monoisotopic (exact) mass is 329 g/mol. The standard InChI is InChI=1S/C17H19N3O4/c1-2-15-19-16(20-24-15)11-3-5-13-10(7-11)4-6-14(13)18-17(21)23-12-8-22-9-12/h3,5,7,12,14H,2,4,6,8-9H2,1H3,(H,18,21)/t14-/m1/s1. The summed E-state index contributed by atoms with van der Waals surface area (Å²) in [5, 5.41) is 6.95. The maximum absolute atomic E-state index is 11.9. The van der Waals surface area contributed by atoms with Crippen LogP contribution in [0.4, 0.5) is 4.79 Å². The number of ether oxygens (including phenoxy) is 2. The third-order valence-corrected chi connectivity index (χ3v) is 4.42. The Balaban J connectivity index is 1.46. The van der Waals surface area contributed by atoms with E-state index in [-0.39, 0.29) is 18.2 Å². The zero-order valence-electron chi connectivity index (χ0n) is 13.4. The Morgan fingerprint density at radius 3 is 3.00 bits per heavy atom. The topological polar surface area (TPSA) is 86.5 Å². The highest BCUT2D eigenvalue weighted by atomic mass is 16.6. The number of hydrogen-bond donors (Lipinski definition) is 1. The summed E-state index contributed by atoms with van der Waals surface area (Å²) in [7, 11) is 0. The lowest BCUT2D eigenvalue weighted by atomic mass is 10.0. The highest BCUT2D eigenvalue weighted by Crippen LogP contribution is 2.33. The number of carbonyl (C=O) groups is 1. The molecule has 1 amide bonds. The average molecular weight is 329 g/mol. The zero-order chi connectivity index (χ0) is 16.5. The quantitative estimate of drug-likeness (QED) is 0.927. The number of amides is 1. The number of carbonyl (C=O) groups excluding carboxylic acids is 1. The van der Waals surface area contributed by atoms with Crippen LogP contribution in [0.15, 0.2) is 22.7 Å². The third kappa shape index (κ3) is 2.87. The molecule has 7 heteroatoms. The smallest absolute Gasteiger partial charge is 0.408 e. The molecule has 1 aliphatic carbocycles. The van der Waals surface area contributed by atoms with E-state index >= 15 is 0 Å². The van der Waals surface area contributed by atoms with Crippen molar-refractivity contribution in [1.29, 1.82) is 0 Å². The second kappa shape index (κ2) is 6.24. The van der Waals surface area contributed by atoms with Gasteiger partial charge < -0.3 is 19.3 Å². The van der Waals surface area contributed by atoms with Gasteiger partial charge in [-0.25, -0.2) is 4.79 Å². The van der Waals surface area contributed by atoms with Crippen molar-refractivity contribution in [1.82, 2.24) is 15.5 Å². The van der Waals surface area contributed by atoms with E-state index < -0.39 is 0 Å². The average Bonchev–Trinajstić information content (AvgIpc) is 3.18. The van der Waals surface area contributed by atoms with E-state index in [4.69, 9.17) is 14.0 Å². The van der Waals surface area contributed by atoms with Gasteiger partial charge in [-0.3, -0.25) is 0 Å². The molecule has 0 radical (unpaired) electrons. The molecule has 0 spiro atoms. The summed E-state index contributed by atoms with van der Waals surface area (Å²) in [6, 6.07) is 6.05. The van der Waals surface area contributed by atoms with Gasteiger partial charge in [-0.15, -0.1) is 0 Å². The van der Waals surface area contributed by atoms with Crippen LogP contribution >= 0.6 is 0 Å². The van der Waals surface area contributed by atoms with Crippen molar-refractivity contribution in [2.24, 2.45) is 0 Å². The Bertz CT molecular complexity index is 754. The number of aromatic nitrogens is 2. The van der Waals surface area contributed by atoms with Gasteiger partial charge in [-0.2, -0.15) is 4.98 Å². The first-order valence-corrected chi connectivity index (χ1v) is 8.23. The maximum Gasteiger partial charge on any atom is 0.408 e. The zero-order valence-corrected chi connectivity index (χ0v) is 13.4. The molecule has 1 aromatic heterocycles. The molecule has 2 heterocycles. The number of nitrogens with zero attached hydrogens (tertiary/aromatic N) is 2. The van der Waals surface area contributed by atoms with Crippen LogP contribution < -0.4 is 5.32 Å². The molecule has 1 atom stereocenters. The predicted molar refractivity (Wildman–Crippen MR) is 84.4 cm³/mol. The van der Waals surface area contributed by atoms with E-state index in [2.05, 4.69) is 21.5 Å². The van der Waals surface area contributed by atoms with Crippen LogP contribution in [0.3, 0.4) is 0 Å². The molecule has 24 heavy (non-hydrogen) atoms. The number of rotatable bonds is 4. The number of alkyl carbamates (subject to hydrolysis) is 1. The second-order valence-corrected chi connectivity index (χ2v) is 6.08. The first-order valence-electron chi connectivity index (χ1n) is 8.23. The van der Waals surface area contributed by atoms with Gasteiger partial charge in [0.15, 0.2) is 6.10 Å². The number of hydrogen-bond acceptors (Lipinski definition) is 6. The molecule has 4 rings (SSSR count). The summed E-state index contributed by atoms with van der Waals surface area (Å²) >= 11 is 0. The fourth-order valence-electron chi connectivity index (χ4n) is 3.03. The highest BCUT2D eigenvalue weighted by Gasteiger charge is 2.28. The lowest BCUT2D eigenvalue weighted by Gasteiger charge is -2.26. The highest BCUT2D eigenvalue weighted by molar-refractivity contribution is 5.69. The molecule has 0 saturated carbocycles. The van der Waals surface area contributed by atoms with Crippen LogP contribution in [0.2, 0.25) is 0 Å². The van der Waals surface area contributed by atoms with Gasteiger partial charge in [0.1, 0.15) is 0 Å². The van der Waals surface area contributed by atoms with E-state index in [0.717, 1.165) is 30.4 Å². The predicted octanol–water partition coefficient (Wildman–Crippen LogP) is 2.41. The summed E-state index contributed by atoms with van der Waals surface area (Å²) in [5.74, 6) is 1.24. The summed E-state index contributed by atoms with van der Waals surface area (Å²) in [6.45, 7) is 2.95. The number of fused-ring (bicyclic) bond motifs is 1. The Kier molecular flexibility index (Phi) is 3.93. The summed E-state index contributed by atoms with van der Waals surface area (Å²) in [5.41, 5.74) is 3.26. The molecule has 1 aliphatic heterocycles. The van der Waals surface area contributed by atoms with Crippen LogP contribution in [-0.2, 0) is 22.3 Å². The van der Waals surface area contributed by atoms with Gasteiger partial charge in [-0.1, -0.05) is 24.2 Å². The minimum absolute atomic E-state index is 0.0148. The van der Waals surface area contributed by atoms with Crippen LogP contribution in [0.1, 0.15) is 36.4 Å². The van der Waals surface area contributed by atoms with Crippen LogP contribution in [-0.4, -0.2) is 35.6 Å². The van der Waals surface area contributed by atoms with Gasteiger partial charge in [0, 0.05) is 12.0 Å². The Morgan fingerprint density at radius 1 is 1.42 bits per heavy atom. The molecule has 0 bridgehead atoms. The first kappa shape index (κ1) is 15.1. The first-order chi connectivity index (χ1) is 11.7. The van der Waals surface area contributed by atoms with E-state index in [9.17, 15) is 4.79 Å². The molecule has 2 aromatic rings. The van der Waals surface area contributed by atoms with Gasteiger partial charge in [0.2, 0.25) is 11.7 Å². The number of nitrogens with one attached hydrogen (secondary N) is 1. The molecule has 126 valence electrons. The normalized spacial score (nSPS) is 19.6. The fourth-order valence-corrected chi connectivity index (χ4v) is 3.03. The molecule has 2 aliphatic rings. The van der Waals surface area contributed by atoms with E-state index in [0.29, 0.717) is 24.9 Å². The molecular weight excluding hydrogens is 310 g/mol. The largest absolute Gasteiger partial charge is 0.441 e. The minimum atomic E-state index is -0.379. The lowest BCUT2D eigenvalue weighted by Crippen LogP contribution is -2.41. The molecule has 1 saturated heterocycles. The molecule has 7 nitrogen and oxygen atoms in total. The summed E-state index contributed by atoms with van der Waals surface area (Å²) in [6.07, 6.45) is 1.99. The van der Waals surface area contributed by atoms with Gasteiger partial charge in [0.25, 0.3) is 0 Å². The third-order valence-electron chi connectivity index (χ3n) is 4.42. The molecule has 1 fully saturated rings. The molecular formula is C17H19N3O4. The molecule has 1 N–H and O–H groups in total. The second-order valence-electron chi connectivity index (χ2n) is 6.08. The summed E-state index contributed by atoms with van der Waals surface area (Å²) in [4.78, 5) is 16.3. The number of aryl methyl sites for hydroxylation is 2. The van der Waals surface area contributed by atoms with Gasteiger partial charge in [-0.05, 0) is 30.0 Å². The van der Waals surface area contributed by atoms with Crippen molar-refractivity contribution in [2.75, 3.05) is 13.2 Å².